The summed E-state index contributed by atoms with van der Waals surface area (Å²) in [6.07, 6.45) is -0.0614. The molecule has 0 fully saturated rings. The smallest absolute Gasteiger partial charge is 0.426 e. The van der Waals surface area contributed by atoms with E-state index in [1.165, 1.54) is 39.2 Å². The van der Waals surface area contributed by atoms with Crippen molar-refractivity contribution in [2.24, 2.45) is 0 Å². The van der Waals surface area contributed by atoms with Crippen molar-refractivity contribution in [2.75, 3.05) is 18.9 Å². The van der Waals surface area contributed by atoms with E-state index in [0.717, 1.165) is 10.0 Å². The highest BCUT2D eigenvalue weighted by Gasteiger charge is 2.26. The van der Waals surface area contributed by atoms with Crippen LogP contribution in [0, 0.1) is 0 Å². The molecule has 0 saturated carbocycles. The Balaban J connectivity index is 2.61. The van der Waals surface area contributed by atoms with Gasteiger partial charge in [0, 0.05) is 26.7 Å². The summed E-state index contributed by atoms with van der Waals surface area (Å²) in [6.45, 7) is 2.50. The fourth-order valence-corrected chi connectivity index (χ4v) is 1.91. The van der Waals surface area contributed by atoms with Gasteiger partial charge in [-0.1, -0.05) is 11.6 Å². The van der Waals surface area contributed by atoms with E-state index in [2.05, 4.69) is 15.6 Å². The molecule has 0 bridgehead atoms. The Hall–Kier alpha value is -2.88. The van der Waals surface area contributed by atoms with Crippen molar-refractivity contribution >= 4 is 41.2 Å². The maximum absolute atomic E-state index is 11.8. The van der Waals surface area contributed by atoms with E-state index in [0.29, 0.717) is 5.02 Å². The molecule has 1 atom stereocenters. The fourth-order valence-electron chi connectivity index (χ4n) is 1.79. The molecule has 1 aromatic rings. The predicted molar refractivity (Wildman–Crippen MR) is 88.7 cm³/mol. The highest BCUT2D eigenvalue weighted by Crippen LogP contribution is 2.09. The second-order valence-corrected chi connectivity index (χ2v) is 5.48. The summed E-state index contributed by atoms with van der Waals surface area (Å²) in [4.78, 5) is 49.9. The van der Waals surface area contributed by atoms with Crippen molar-refractivity contribution in [1.29, 1.82) is 0 Å². The summed E-state index contributed by atoms with van der Waals surface area (Å²) < 4.78 is 0. The number of rotatable bonds is 4. The van der Waals surface area contributed by atoms with Crippen molar-refractivity contribution in [1.82, 2.24) is 20.3 Å². The number of hydrogen-bond donors (Lipinski definition) is 3. The van der Waals surface area contributed by atoms with Crippen LogP contribution in [0.1, 0.15) is 13.8 Å². The molecular weight excluding hydrogens is 354 g/mol. The van der Waals surface area contributed by atoms with Crippen LogP contribution in [0.25, 0.3) is 0 Å². The van der Waals surface area contributed by atoms with Gasteiger partial charge in [-0.15, -0.1) is 0 Å². The van der Waals surface area contributed by atoms with Gasteiger partial charge in [0.2, 0.25) is 5.91 Å². The molecule has 10 nitrogen and oxygen atoms in total. The number of halogens is 1. The van der Waals surface area contributed by atoms with Crippen molar-refractivity contribution in [3.05, 3.63) is 23.4 Å². The average molecular weight is 372 g/mol. The zero-order valence-corrected chi connectivity index (χ0v) is 14.6. The predicted octanol–water partition coefficient (Wildman–Crippen LogP) is 0.552. The highest BCUT2D eigenvalue weighted by atomic mass is 35.5. The zero-order chi connectivity index (χ0) is 19.1. The van der Waals surface area contributed by atoms with Crippen LogP contribution in [0.3, 0.4) is 0 Å². The standard InChI is InChI=1S/C14H18ClN5O5/c1-8(20(14(24)25)19(3)9(2)21)6-17-12(22)13(23)18-11-5-4-10(15)7-16-11/h4-5,7-8H,6H2,1-3H3,(H,17,22)(H,24,25)(H,16,18,23). The van der Waals surface area contributed by atoms with Crippen LogP contribution in [-0.2, 0) is 14.4 Å². The maximum atomic E-state index is 11.8. The third kappa shape index (κ3) is 5.92. The SMILES string of the molecule is CC(=O)N(C)N(C(=O)O)C(C)CNC(=O)C(=O)Nc1ccc(Cl)cn1. The number of pyridine rings is 1. The Kier molecular flexibility index (Phi) is 7.12. The lowest BCUT2D eigenvalue weighted by Crippen LogP contribution is -2.54. The first-order valence-electron chi connectivity index (χ1n) is 7.10. The molecule has 3 N–H and O–H groups in total. The van der Waals surface area contributed by atoms with Crippen LogP contribution in [-0.4, -0.2) is 63.6 Å². The van der Waals surface area contributed by atoms with E-state index in [1.54, 1.807) is 0 Å². The van der Waals surface area contributed by atoms with E-state index in [-0.39, 0.29) is 12.4 Å². The molecule has 1 heterocycles. The topological polar surface area (TPSA) is 132 Å². The van der Waals surface area contributed by atoms with Gasteiger partial charge in [0.25, 0.3) is 0 Å². The molecular formula is C14H18ClN5O5. The number of aromatic nitrogens is 1. The molecule has 136 valence electrons. The first kappa shape index (κ1) is 20.2. The van der Waals surface area contributed by atoms with E-state index < -0.39 is 29.9 Å². The summed E-state index contributed by atoms with van der Waals surface area (Å²) in [5, 5.41) is 15.8. The van der Waals surface area contributed by atoms with Crippen LogP contribution in [0.2, 0.25) is 5.02 Å². The first-order chi connectivity index (χ1) is 11.6. The molecule has 4 amide bonds. The Morgan fingerprint density at radius 2 is 1.92 bits per heavy atom. The van der Waals surface area contributed by atoms with Gasteiger partial charge in [0.05, 0.1) is 11.1 Å². The highest BCUT2D eigenvalue weighted by molar-refractivity contribution is 6.39. The van der Waals surface area contributed by atoms with Crippen LogP contribution in [0.5, 0.6) is 0 Å². The fraction of sp³-hybridized carbons (Fsp3) is 0.357. The molecule has 0 spiro atoms. The van der Waals surface area contributed by atoms with E-state index in [4.69, 9.17) is 11.6 Å². The number of hydrogen-bond acceptors (Lipinski definition) is 5. The Labute approximate surface area is 148 Å². The zero-order valence-electron chi connectivity index (χ0n) is 13.8. The lowest BCUT2D eigenvalue weighted by molar-refractivity contribution is -0.143. The number of carbonyl (C=O) groups excluding carboxylic acids is 3. The molecule has 25 heavy (non-hydrogen) atoms. The minimum absolute atomic E-state index is 0.140. The van der Waals surface area contributed by atoms with Crippen molar-refractivity contribution in [3.8, 4) is 0 Å². The molecule has 0 aliphatic carbocycles. The second kappa shape index (κ2) is 8.83. The number of nitrogens with one attached hydrogen (secondary N) is 2. The number of hydrazine groups is 1. The Bertz CT molecular complexity index is 666. The Morgan fingerprint density at radius 1 is 1.28 bits per heavy atom. The molecule has 11 heteroatoms. The summed E-state index contributed by atoms with van der Waals surface area (Å²) in [5.41, 5.74) is 0. The number of nitrogens with zero attached hydrogens (tertiary/aromatic N) is 3. The summed E-state index contributed by atoms with van der Waals surface area (Å²) >= 11 is 5.66. The third-order valence-corrected chi connectivity index (χ3v) is 3.35. The second-order valence-electron chi connectivity index (χ2n) is 5.04. The Morgan fingerprint density at radius 3 is 2.40 bits per heavy atom. The number of carbonyl (C=O) groups is 4. The quantitative estimate of drug-likeness (QED) is 0.523. The van der Waals surface area contributed by atoms with Crippen LogP contribution in [0.4, 0.5) is 10.6 Å². The minimum Gasteiger partial charge on any atom is -0.464 e. The van der Waals surface area contributed by atoms with Crippen LogP contribution < -0.4 is 10.6 Å². The van der Waals surface area contributed by atoms with E-state index in [1.807, 2.05) is 0 Å². The van der Waals surface area contributed by atoms with Crippen molar-refractivity contribution in [2.45, 2.75) is 19.9 Å². The normalized spacial score (nSPS) is 11.2. The van der Waals surface area contributed by atoms with Gasteiger partial charge in [0.1, 0.15) is 5.82 Å². The van der Waals surface area contributed by atoms with Gasteiger partial charge in [0.15, 0.2) is 0 Å². The lowest BCUT2D eigenvalue weighted by atomic mass is 10.3. The van der Waals surface area contributed by atoms with Gasteiger partial charge in [-0.2, -0.15) is 0 Å². The number of anilines is 1. The molecule has 0 aliphatic rings. The molecule has 0 radical (unpaired) electrons. The molecule has 0 aliphatic heterocycles. The minimum atomic E-state index is -1.37. The number of amides is 4. The first-order valence-corrected chi connectivity index (χ1v) is 7.48. The van der Waals surface area contributed by atoms with Gasteiger partial charge in [-0.25, -0.2) is 14.8 Å². The monoisotopic (exact) mass is 371 g/mol. The van der Waals surface area contributed by atoms with Crippen LogP contribution in [0.15, 0.2) is 18.3 Å². The largest absolute Gasteiger partial charge is 0.464 e. The molecule has 0 aromatic carbocycles. The summed E-state index contributed by atoms with van der Waals surface area (Å²) in [6, 6.07) is 2.13. The lowest BCUT2D eigenvalue weighted by Gasteiger charge is -2.33. The van der Waals surface area contributed by atoms with Crippen LogP contribution >= 0.6 is 11.6 Å². The molecule has 1 unspecified atom stereocenters. The summed E-state index contributed by atoms with van der Waals surface area (Å²) in [5.74, 6) is -2.29. The maximum Gasteiger partial charge on any atom is 0.426 e. The van der Waals surface area contributed by atoms with Gasteiger partial charge < -0.3 is 15.7 Å². The summed E-state index contributed by atoms with van der Waals surface area (Å²) in [7, 11) is 1.29. The number of carboxylic acid groups (broad SMARTS) is 1. The van der Waals surface area contributed by atoms with E-state index >= 15 is 0 Å². The van der Waals surface area contributed by atoms with Crippen molar-refractivity contribution in [3.63, 3.8) is 0 Å². The van der Waals surface area contributed by atoms with Gasteiger partial charge in [-0.05, 0) is 19.1 Å². The average Bonchev–Trinajstić information content (AvgIpc) is 2.54. The van der Waals surface area contributed by atoms with Gasteiger partial charge >= 0.3 is 17.9 Å². The van der Waals surface area contributed by atoms with Crippen molar-refractivity contribution < 1.29 is 24.3 Å². The third-order valence-electron chi connectivity index (χ3n) is 3.13. The van der Waals surface area contributed by atoms with Gasteiger partial charge in [-0.3, -0.25) is 19.4 Å². The van der Waals surface area contributed by atoms with E-state index in [9.17, 15) is 24.3 Å². The molecule has 0 saturated heterocycles. The molecule has 1 aromatic heterocycles. The molecule has 1 rings (SSSR count).